The van der Waals surface area contributed by atoms with Crippen molar-refractivity contribution in [1.29, 1.82) is 0 Å². The van der Waals surface area contributed by atoms with Gasteiger partial charge in [-0.3, -0.25) is 4.79 Å². The van der Waals surface area contributed by atoms with Crippen LogP contribution in [0.3, 0.4) is 0 Å². The van der Waals surface area contributed by atoms with Crippen LogP contribution in [-0.4, -0.2) is 26.8 Å². The van der Waals surface area contributed by atoms with Crippen molar-refractivity contribution in [3.05, 3.63) is 81.0 Å². The molecule has 2 aliphatic heterocycles. The molecule has 0 saturated heterocycles. The highest BCUT2D eigenvalue weighted by molar-refractivity contribution is 9.10. The Morgan fingerprint density at radius 1 is 1.03 bits per heavy atom. The third-order valence-corrected chi connectivity index (χ3v) is 5.97. The molecule has 0 fully saturated rings. The number of ketones is 1. The molecule has 0 saturated carbocycles. The predicted octanol–water partition coefficient (Wildman–Crippen LogP) is 5.53. The van der Waals surface area contributed by atoms with E-state index in [1.165, 1.54) is 0 Å². The Kier molecular flexibility index (Phi) is 6.17. The predicted molar refractivity (Wildman–Crippen MR) is 128 cm³/mol. The van der Waals surface area contributed by atoms with Gasteiger partial charge in [-0.2, -0.15) is 0 Å². The molecule has 0 atom stereocenters. The normalized spacial score (nSPS) is 15.3. The second kappa shape index (κ2) is 9.40. The van der Waals surface area contributed by atoms with Crippen molar-refractivity contribution in [3.63, 3.8) is 0 Å². The van der Waals surface area contributed by atoms with Gasteiger partial charge in [0.25, 0.3) is 0 Å². The third kappa shape index (κ3) is 4.34. The molecular weight excluding hydrogens is 504 g/mol. The van der Waals surface area contributed by atoms with Crippen LogP contribution in [0.4, 0.5) is 0 Å². The van der Waals surface area contributed by atoms with Crippen molar-refractivity contribution >= 4 is 27.8 Å². The highest BCUT2D eigenvalue weighted by atomic mass is 79.9. The van der Waals surface area contributed by atoms with Crippen LogP contribution in [0.15, 0.2) is 58.8 Å². The summed E-state index contributed by atoms with van der Waals surface area (Å²) in [4.78, 5) is 12.9. The zero-order valence-corrected chi connectivity index (χ0v) is 20.1. The summed E-state index contributed by atoms with van der Waals surface area (Å²) in [6.45, 7) is 0.995. The molecule has 0 N–H and O–H groups in total. The quantitative estimate of drug-likeness (QED) is 0.392. The van der Waals surface area contributed by atoms with Gasteiger partial charge in [-0.1, -0.05) is 15.9 Å². The number of allylic oxidation sites excluding steroid dienone is 1. The van der Waals surface area contributed by atoms with Gasteiger partial charge in [-0.05, 0) is 42.5 Å². The summed E-state index contributed by atoms with van der Waals surface area (Å²) in [5, 5.41) is 0. The van der Waals surface area contributed by atoms with Gasteiger partial charge in [0.15, 0.2) is 12.6 Å². The standard InChI is InChI=1S/C26H21BrO7/c1-29-19-4-3-15(22(10-19)30-2)9-24-25(28)21-6-5-20(11-23(21)34-24)32-13-17-8-18(27)7-16-12-31-14-33-26(16)17/h3-11H,12-14H2,1-2H3/b24-9-. The van der Waals surface area contributed by atoms with E-state index in [0.29, 0.717) is 47.3 Å². The van der Waals surface area contributed by atoms with Crippen molar-refractivity contribution in [3.8, 4) is 28.7 Å². The molecule has 3 aromatic carbocycles. The number of benzene rings is 3. The first-order valence-corrected chi connectivity index (χ1v) is 11.3. The summed E-state index contributed by atoms with van der Waals surface area (Å²) in [6.07, 6.45) is 1.66. The Morgan fingerprint density at radius 2 is 1.88 bits per heavy atom. The van der Waals surface area contributed by atoms with Crippen molar-refractivity contribution in [1.82, 2.24) is 0 Å². The van der Waals surface area contributed by atoms with Crippen LogP contribution >= 0.6 is 15.9 Å². The highest BCUT2D eigenvalue weighted by Gasteiger charge is 2.28. The molecular formula is C26H21BrO7. The lowest BCUT2D eigenvalue weighted by molar-refractivity contribution is -0.0176. The number of halogens is 1. The van der Waals surface area contributed by atoms with Crippen molar-refractivity contribution < 1.29 is 33.2 Å². The van der Waals surface area contributed by atoms with E-state index in [1.807, 2.05) is 18.2 Å². The number of carbonyl (C=O) groups is 1. The van der Waals surface area contributed by atoms with Crippen LogP contribution in [0.5, 0.6) is 28.7 Å². The number of Topliss-reactive ketones (excluding diaryl/α,β-unsaturated/α-hetero) is 1. The van der Waals surface area contributed by atoms with Crippen molar-refractivity contribution in [2.75, 3.05) is 21.0 Å². The first-order valence-electron chi connectivity index (χ1n) is 10.5. The second-order valence-corrected chi connectivity index (χ2v) is 8.57. The van der Waals surface area contributed by atoms with Crippen LogP contribution in [0.25, 0.3) is 6.08 Å². The lowest BCUT2D eigenvalue weighted by Gasteiger charge is -2.21. The Hall–Kier alpha value is -3.49. The molecule has 0 amide bonds. The maximum atomic E-state index is 12.9. The smallest absolute Gasteiger partial charge is 0.231 e. The Bertz CT molecular complexity index is 1300. The van der Waals surface area contributed by atoms with Crippen LogP contribution in [0, 0.1) is 0 Å². The fourth-order valence-electron chi connectivity index (χ4n) is 3.86. The molecule has 174 valence electrons. The largest absolute Gasteiger partial charge is 0.497 e. The number of rotatable bonds is 6. The lowest BCUT2D eigenvalue weighted by Crippen LogP contribution is -2.14. The van der Waals surface area contributed by atoms with Gasteiger partial charge in [0, 0.05) is 33.3 Å². The number of fused-ring (bicyclic) bond motifs is 2. The Labute approximate surface area is 204 Å². The molecule has 0 aliphatic carbocycles. The zero-order valence-electron chi connectivity index (χ0n) is 18.6. The second-order valence-electron chi connectivity index (χ2n) is 7.66. The van der Waals surface area contributed by atoms with E-state index in [-0.39, 0.29) is 18.3 Å². The van der Waals surface area contributed by atoms with Gasteiger partial charge in [0.2, 0.25) is 5.78 Å². The first kappa shape index (κ1) is 22.3. The van der Waals surface area contributed by atoms with Crippen LogP contribution < -0.4 is 23.7 Å². The molecule has 3 aromatic rings. The van der Waals surface area contributed by atoms with Gasteiger partial charge < -0.3 is 28.4 Å². The molecule has 2 heterocycles. The van der Waals surface area contributed by atoms with Gasteiger partial charge in [0.1, 0.15) is 35.4 Å². The van der Waals surface area contributed by atoms with E-state index >= 15 is 0 Å². The minimum atomic E-state index is -0.200. The number of methoxy groups -OCH3 is 2. The first-order chi connectivity index (χ1) is 16.6. The minimum Gasteiger partial charge on any atom is -0.497 e. The van der Waals surface area contributed by atoms with Crippen molar-refractivity contribution in [2.24, 2.45) is 0 Å². The Balaban J connectivity index is 1.35. The van der Waals surface area contributed by atoms with Gasteiger partial charge in [-0.15, -0.1) is 0 Å². The summed E-state index contributed by atoms with van der Waals surface area (Å²) in [6, 6.07) is 14.5. The van der Waals surface area contributed by atoms with E-state index in [1.54, 1.807) is 50.6 Å². The number of hydrogen-bond acceptors (Lipinski definition) is 7. The maximum Gasteiger partial charge on any atom is 0.231 e. The molecule has 0 spiro atoms. The average Bonchev–Trinajstić information content (AvgIpc) is 3.16. The van der Waals surface area contributed by atoms with Crippen LogP contribution in [0.2, 0.25) is 0 Å². The van der Waals surface area contributed by atoms with Crippen LogP contribution in [-0.2, 0) is 18.0 Å². The molecule has 0 aromatic heterocycles. The van der Waals surface area contributed by atoms with E-state index in [4.69, 9.17) is 28.4 Å². The minimum absolute atomic E-state index is 0.200. The monoisotopic (exact) mass is 524 g/mol. The summed E-state index contributed by atoms with van der Waals surface area (Å²) in [5.41, 5.74) is 3.05. The number of carbonyl (C=O) groups excluding carboxylic acids is 1. The van der Waals surface area contributed by atoms with Crippen molar-refractivity contribution in [2.45, 2.75) is 13.2 Å². The Morgan fingerprint density at radius 3 is 2.71 bits per heavy atom. The summed E-state index contributed by atoms with van der Waals surface area (Å²) < 4.78 is 34.5. The highest BCUT2D eigenvalue weighted by Crippen LogP contribution is 2.37. The molecule has 7 nitrogen and oxygen atoms in total. The molecule has 34 heavy (non-hydrogen) atoms. The number of ether oxygens (including phenoxy) is 6. The van der Waals surface area contributed by atoms with E-state index in [0.717, 1.165) is 21.3 Å². The molecule has 0 radical (unpaired) electrons. The fraction of sp³-hybridized carbons (Fsp3) is 0.192. The SMILES string of the molecule is COc1ccc(/C=C2\Oc3cc(OCc4cc(Br)cc5c4OCOC5)ccc3C2=O)c(OC)c1. The maximum absolute atomic E-state index is 12.9. The zero-order chi connectivity index (χ0) is 23.7. The third-order valence-electron chi connectivity index (χ3n) is 5.51. The van der Waals surface area contributed by atoms with E-state index < -0.39 is 0 Å². The molecule has 5 rings (SSSR count). The van der Waals surface area contributed by atoms with Gasteiger partial charge in [0.05, 0.1) is 26.4 Å². The molecule has 0 unspecified atom stereocenters. The average molecular weight is 525 g/mol. The van der Waals surface area contributed by atoms with E-state index in [2.05, 4.69) is 15.9 Å². The molecule has 2 aliphatic rings. The van der Waals surface area contributed by atoms with Gasteiger partial charge >= 0.3 is 0 Å². The fourth-order valence-corrected chi connectivity index (χ4v) is 4.41. The van der Waals surface area contributed by atoms with E-state index in [9.17, 15) is 4.79 Å². The molecule has 8 heteroatoms. The van der Waals surface area contributed by atoms with Gasteiger partial charge in [-0.25, -0.2) is 0 Å². The summed E-state index contributed by atoms with van der Waals surface area (Å²) in [5.74, 6) is 3.05. The molecule has 0 bridgehead atoms. The lowest BCUT2D eigenvalue weighted by atomic mass is 10.1. The summed E-state index contributed by atoms with van der Waals surface area (Å²) >= 11 is 3.52. The summed E-state index contributed by atoms with van der Waals surface area (Å²) in [7, 11) is 3.15. The van der Waals surface area contributed by atoms with Crippen LogP contribution in [0.1, 0.15) is 27.0 Å². The number of hydrogen-bond donors (Lipinski definition) is 0. The topological polar surface area (TPSA) is 72.5 Å².